The number of hydrogen-bond acceptors (Lipinski definition) is 4. The Bertz CT molecular complexity index is 758. The maximum absolute atomic E-state index is 6.29. The Morgan fingerprint density at radius 1 is 1.35 bits per heavy atom. The highest BCUT2D eigenvalue weighted by Gasteiger charge is 2.18. The van der Waals surface area contributed by atoms with E-state index in [1.165, 1.54) is 0 Å². The molecular formula is C15H17N3O2. The zero-order valence-corrected chi connectivity index (χ0v) is 11.8. The molecule has 0 amide bonds. The molecule has 0 aliphatic heterocycles. The Labute approximate surface area is 116 Å². The van der Waals surface area contributed by atoms with Gasteiger partial charge in [-0.05, 0) is 25.1 Å². The second-order valence-electron chi connectivity index (χ2n) is 4.87. The van der Waals surface area contributed by atoms with Crippen molar-refractivity contribution in [2.75, 3.05) is 7.11 Å². The first-order chi connectivity index (χ1) is 9.58. The molecule has 2 N–H and O–H groups in total. The molecule has 0 fully saturated rings. The van der Waals surface area contributed by atoms with E-state index in [-0.39, 0.29) is 6.04 Å². The molecule has 3 rings (SSSR count). The van der Waals surface area contributed by atoms with E-state index in [2.05, 4.69) is 5.10 Å². The zero-order valence-electron chi connectivity index (χ0n) is 11.8. The monoisotopic (exact) mass is 271 g/mol. The Morgan fingerprint density at radius 2 is 2.15 bits per heavy atom. The number of nitrogens with two attached hydrogens (primary N) is 1. The summed E-state index contributed by atoms with van der Waals surface area (Å²) in [6.07, 6.45) is 1.92. The highest BCUT2D eigenvalue weighted by Crippen LogP contribution is 2.29. The van der Waals surface area contributed by atoms with Gasteiger partial charge in [0.15, 0.2) is 0 Å². The standard InChI is InChI=1S/C15H17N3O2/c1-9-12(8-18(2)17-9)15(16)14-6-10-4-5-11(19-3)7-13(10)20-14/h4-8,15H,16H2,1-3H3. The number of methoxy groups -OCH3 is 1. The van der Waals surface area contributed by atoms with E-state index >= 15 is 0 Å². The molecule has 1 atom stereocenters. The van der Waals surface area contributed by atoms with Gasteiger partial charge in [0.2, 0.25) is 0 Å². The molecule has 0 saturated carbocycles. The van der Waals surface area contributed by atoms with E-state index in [1.54, 1.807) is 11.8 Å². The summed E-state index contributed by atoms with van der Waals surface area (Å²) < 4.78 is 12.8. The van der Waals surface area contributed by atoms with Crippen molar-refractivity contribution in [2.24, 2.45) is 12.8 Å². The molecule has 0 saturated heterocycles. The Hall–Kier alpha value is -2.27. The molecular weight excluding hydrogens is 254 g/mol. The summed E-state index contributed by atoms with van der Waals surface area (Å²) in [7, 11) is 3.52. The van der Waals surface area contributed by atoms with Crippen molar-refractivity contribution in [3.63, 3.8) is 0 Å². The van der Waals surface area contributed by atoms with Crippen LogP contribution in [0.25, 0.3) is 11.0 Å². The molecule has 20 heavy (non-hydrogen) atoms. The second kappa shape index (κ2) is 4.68. The number of rotatable bonds is 3. The SMILES string of the molecule is COc1ccc2cc(C(N)c3cn(C)nc3C)oc2c1. The molecule has 1 unspecified atom stereocenters. The van der Waals surface area contributed by atoms with Crippen molar-refractivity contribution >= 4 is 11.0 Å². The number of furan rings is 1. The van der Waals surface area contributed by atoms with Crippen molar-refractivity contribution in [3.8, 4) is 5.75 Å². The lowest BCUT2D eigenvalue weighted by Gasteiger charge is -2.06. The summed E-state index contributed by atoms with van der Waals surface area (Å²) >= 11 is 0. The van der Waals surface area contributed by atoms with Gasteiger partial charge in [0, 0.05) is 30.3 Å². The van der Waals surface area contributed by atoms with Crippen molar-refractivity contribution < 1.29 is 9.15 Å². The molecule has 2 aromatic heterocycles. The van der Waals surface area contributed by atoms with E-state index in [0.29, 0.717) is 0 Å². The predicted molar refractivity (Wildman–Crippen MR) is 76.7 cm³/mol. The minimum Gasteiger partial charge on any atom is -0.497 e. The van der Waals surface area contributed by atoms with Crippen LogP contribution < -0.4 is 10.5 Å². The Morgan fingerprint density at radius 3 is 2.80 bits per heavy atom. The van der Waals surface area contributed by atoms with Crippen molar-refractivity contribution in [1.29, 1.82) is 0 Å². The average Bonchev–Trinajstić information content (AvgIpc) is 3.00. The molecule has 0 aliphatic carbocycles. The van der Waals surface area contributed by atoms with Crippen LogP contribution in [0.2, 0.25) is 0 Å². The van der Waals surface area contributed by atoms with E-state index in [4.69, 9.17) is 14.9 Å². The van der Waals surface area contributed by atoms with E-state index in [9.17, 15) is 0 Å². The largest absolute Gasteiger partial charge is 0.497 e. The summed E-state index contributed by atoms with van der Waals surface area (Å²) in [6, 6.07) is 7.38. The number of fused-ring (bicyclic) bond motifs is 1. The quantitative estimate of drug-likeness (QED) is 0.795. The van der Waals surface area contributed by atoms with Crippen LogP contribution in [-0.2, 0) is 7.05 Å². The third kappa shape index (κ3) is 2.06. The molecule has 0 bridgehead atoms. The van der Waals surface area contributed by atoms with Gasteiger partial charge in [-0.1, -0.05) is 0 Å². The van der Waals surface area contributed by atoms with Crippen LogP contribution >= 0.6 is 0 Å². The van der Waals surface area contributed by atoms with E-state index in [0.717, 1.165) is 33.7 Å². The van der Waals surface area contributed by atoms with Gasteiger partial charge >= 0.3 is 0 Å². The van der Waals surface area contributed by atoms with Crippen LogP contribution in [0.1, 0.15) is 23.1 Å². The van der Waals surface area contributed by atoms with Crippen molar-refractivity contribution in [3.05, 3.63) is 47.5 Å². The van der Waals surface area contributed by atoms with Gasteiger partial charge in [0.25, 0.3) is 0 Å². The van der Waals surface area contributed by atoms with Crippen LogP contribution in [0, 0.1) is 6.92 Å². The maximum atomic E-state index is 6.29. The summed E-state index contributed by atoms with van der Waals surface area (Å²) in [4.78, 5) is 0. The van der Waals surface area contributed by atoms with Crippen LogP contribution in [0.5, 0.6) is 5.75 Å². The fraction of sp³-hybridized carbons (Fsp3) is 0.267. The lowest BCUT2D eigenvalue weighted by atomic mass is 10.1. The number of ether oxygens (including phenoxy) is 1. The number of hydrogen-bond donors (Lipinski definition) is 1. The van der Waals surface area contributed by atoms with Crippen LogP contribution in [0.15, 0.2) is 34.9 Å². The van der Waals surface area contributed by atoms with Crippen molar-refractivity contribution in [2.45, 2.75) is 13.0 Å². The topological polar surface area (TPSA) is 66.2 Å². The predicted octanol–water partition coefficient (Wildman–Crippen LogP) is 2.53. The first kappa shape index (κ1) is 12.7. The molecule has 0 spiro atoms. The fourth-order valence-electron chi connectivity index (χ4n) is 2.39. The fourth-order valence-corrected chi connectivity index (χ4v) is 2.39. The van der Waals surface area contributed by atoms with Gasteiger partial charge in [-0.25, -0.2) is 0 Å². The molecule has 0 radical (unpaired) electrons. The molecule has 3 aromatic rings. The second-order valence-corrected chi connectivity index (χ2v) is 4.87. The maximum Gasteiger partial charge on any atom is 0.138 e. The highest BCUT2D eigenvalue weighted by atomic mass is 16.5. The summed E-state index contributed by atoms with van der Waals surface area (Å²) in [5, 5.41) is 5.33. The minimum atomic E-state index is -0.318. The lowest BCUT2D eigenvalue weighted by molar-refractivity contribution is 0.414. The van der Waals surface area contributed by atoms with Gasteiger partial charge in [0.05, 0.1) is 18.8 Å². The molecule has 104 valence electrons. The lowest BCUT2D eigenvalue weighted by Crippen LogP contribution is -2.11. The number of nitrogens with zero attached hydrogens (tertiary/aromatic N) is 2. The first-order valence-electron chi connectivity index (χ1n) is 6.41. The third-order valence-corrected chi connectivity index (χ3v) is 3.44. The first-order valence-corrected chi connectivity index (χ1v) is 6.41. The van der Waals surface area contributed by atoms with Crippen molar-refractivity contribution in [1.82, 2.24) is 9.78 Å². The summed E-state index contributed by atoms with van der Waals surface area (Å²) in [6.45, 7) is 1.95. The number of aryl methyl sites for hydroxylation is 2. The van der Waals surface area contributed by atoms with Gasteiger partial charge in [-0.15, -0.1) is 0 Å². The van der Waals surface area contributed by atoms with Gasteiger partial charge in [-0.3, -0.25) is 4.68 Å². The number of benzene rings is 1. The van der Waals surface area contributed by atoms with Gasteiger partial charge in [-0.2, -0.15) is 5.10 Å². The minimum absolute atomic E-state index is 0.318. The van der Waals surface area contributed by atoms with E-state index in [1.807, 2.05) is 44.4 Å². The number of aromatic nitrogens is 2. The molecule has 2 heterocycles. The third-order valence-electron chi connectivity index (χ3n) is 3.44. The van der Waals surface area contributed by atoms with E-state index < -0.39 is 0 Å². The zero-order chi connectivity index (χ0) is 14.3. The average molecular weight is 271 g/mol. The van der Waals surface area contributed by atoms with Crippen LogP contribution in [0.3, 0.4) is 0 Å². The normalized spacial score (nSPS) is 12.8. The highest BCUT2D eigenvalue weighted by molar-refractivity contribution is 5.79. The molecule has 1 aromatic carbocycles. The summed E-state index contributed by atoms with van der Waals surface area (Å²) in [5.74, 6) is 1.49. The van der Waals surface area contributed by atoms with Crippen LogP contribution in [-0.4, -0.2) is 16.9 Å². The molecule has 5 heteroatoms. The smallest absolute Gasteiger partial charge is 0.138 e. The summed E-state index contributed by atoms with van der Waals surface area (Å²) in [5.41, 5.74) is 8.95. The Balaban J connectivity index is 2.03. The van der Waals surface area contributed by atoms with Crippen LogP contribution in [0.4, 0.5) is 0 Å². The molecule has 0 aliphatic rings. The Kier molecular flexibility index (Phi) is 2.99. The van der Waals surface area contributed by atoms with Gasteiger partial charge < -0.3 is 14.9 Å². The molecule has 5 nitrogen and oxygen atoms in total. The van der Waals surface area contributed by atoms with Gasteiger partial charge in [0.1, 0.15) is 17.1 Å².